The molecule has 0 aliphatic heterocycles. The van der Waals surface area contributed by atoms with Crippen molar-refractivity contribution in [2.45, 2.75) is 92.9 Å². The van der Waals surface area contributed by atoms with Gasteiger partial charge in [-0.1, -0.05) is 138 Å². The van der Waals surface area contributed by atoms with Gasteiger partial charge in [0, 0.05) is 21.5 Å². The van der Waals surface area contributed by atoms with Crippen LogP contribution in [0.15, 0.2) is 84.9 Å². The highest BCUT2D eigenvalue weighted by atomic mass is 16.5. The molecule has 0 aliphatic carbocycles. The third-order valence-electron chi connectivity index (χ3n) is 10.5. The van der Waals surface area contributed by atoms with Crippen LogP contribution in [0.5, 0.6) is 11.5 Å². The van der Waals surface area contributed by atoms with Crippen molar-refractivity contribution in [3.63, 3.8) is 0 Å². The molecule has 0 radical (unpaired) electrons. The quantitative estimate of drug-likeness (QED) is 0.0699. The fraction of sp³-hybridized carbons (Fsp3) is 0.348. The molecule has 6 aromatic carbocycles. The molecule has 0 bridgehead atoms. The molecule has 4 nitrogen and oxygen atoms in total. The normalized spacial score (nSPS) is 12.8. The molecule has 0 fully saturated rings. The van der Waals surface area contributed by atoms with E-state index in [0.29, 0.717) is 11.5 Å². The molecule has 0 aliphatic rings. The van der Waals surface area contributed by atoms with Crippen LogP contribution in [0.4, 0.5) is 0 Å². The molecule has 2 atom stereocenters. The van der Waals surface area contributed by atoms with Gasteiger partial charge in [-0.15, -0.1) is 0 Å². The van der Waals surface area contributed by atoms with Gasteiger partial charge in [0.1, 0.15) is 11.5 Å². The van der Waals surface area contributed by atoms with Crippen molar-refractivity contribution in [2.24, 2.45) is 11.8 Å². The third-order valence-corrected chi connectivity index (χ3v) is 10.5. The predicted octanol–water partition coefficient (Wildman–Crippen LogP) is 12.8. The molecule has 50 heavy (non-hydrogen) atoms. The zero-order valence-corrected chi connectivity index (χ0v) is 30.5. The average molecular weight is 667 g/mol. The Morgan fingerprint density at radius 2 is 0.860 bits per heavy atom. The largest absolute Gasteiger partial charge is 0.425 e. The number of ether oxygens (including phenoxy) is 2. The van der Waals surface area contributed by atoms with Crippen molar-refractivity contribution >= 4 is 55.0 Å². The molecular formula is C46H50O4. The van der Waals surface area contributed by atoms with Crippen molar-refractivity contribution in [3.8, 4) is 22.6 Å². The van der Waals surface area contributed by atoms with Crippen LogP contribution in [0, 0.1) is 25.7 Å². The molecule has 0 aromatic heterocycles. The molecule has 6 aromatic rings. The molecule has 0 amide bonds. The highest BCUT2D eigenvalue weighted by Gasteiger charge is 2.27. The lowest BCUT2D eigenvalue weighted by atomic mass is 9.83. The topological polar surface area (TPSA) is 52.6 Å². The Hall–Kier alpha value is -4.70. The summed E-state index contributed by atoms with van der Waals surface area (Å²) >= 11 is 0. The molecule has 0 N–H and O–H groups in total. The van der Waals surface area contributed by atoms with Gasteiger partial charge in [0.25, 0.3) is 0 Å². The van der Waals surface area contributed by atoms with Crippen molar-refractivity contribution < 1.29 is 19.1 Å². The number of rotatable bonds is 13. The van der Waals surface area contributed by atoms with Crippen LogP contribution in [0.2, 0.25) is 0 Å². The highest BCUT2D eigenvalue weighted by molar-refractivity contribution is 6.28. The van der Waals surface area contributed by atoms with Gasteiger partial charge in [0.05, 0.1) is 11.8 Å². The fourth-order valence-electron chi connectivity index (χ4n) is 7.72. The van der Waals surface area contributed by atoms with E-state index in [4.69, 9.17) is 9.47 Å². The zero-order valence-electron chi connectivity index (χ0n) is 30.5. The van der Waals surface area contributed by atoms with Gasteiger partial charge in [-0.05, 0) is 83.3 Å². The lowest BCUT2D eigenvalue weighted by Crippen LogP contribution is -2.20. The Morgan fingerprint density at radius 1 is 0.500 bits per heavy atom. The first-order valence-electron chi connectivity index (χ1n) is 18.7. The molecule has 0 saturated carbocycles. The summed E-state index contributed by atoms with van der Waals surface area (Å²) in [6.07, 6.45) is 7.22. The van der Waals surface area contributed by atoms with E-state index in [2.05, 4.69) is 114 Å². The van der Waals surface area contributed by atoms with Crippen LogP contribution in [0.3, 0.4) is 0 Å². The van der Waals surface area contributed by atoms with Gasteiger partial charge >= 0.3 is 11.9 Å². The van der Waals surface area contributed by atoms with E-state index in [1.807, 2.05) is 12.1 Å². The Balaban J connectivity index is 1.68. The van der Waals surface area contributed by atoms with Gasteiger partial charge in [0.15, 0.2) is 0 Å². The average Bonchev–Trinajstić information content (AvgIpc) is 3.13. The Bertz CT molecular complexity index is 2040. The number of unbranched alkanes of at least 4 members (excludes halogenated alkanes) is 2. The number of fused-ring (bicyclic) bond motifs is 4. The van der Waals surface area contributed by atoms with E-state index in [0.717, 1.165) is 117 Å². The number of benzene rings is 6. The molecule has 0 heterocycles. The maximum Gasteiger partial charge on any atom is 0.314 e. The highest BCUT2D eigenvalue weighted by Crippen LogP contribution is 2.51. The lowest BCUT2D eigenvalue weighted by Gasteiger charge is -2.24. The lowest BCUT2D eigenvalue weighted by molar-refractivity contribution is -0.140. The molecule has 2 unspecified atom stereocenters. The minimum absolute atomic E-state index is 0.145. The van der Waals surface area contributed by atoms with Crippen molar-refractivity contribution in [3.05, 3.63) is 96.1 Å². The summed E-state index contributed by atoms with van der Waals surface area (Å²) in [4.78, 5) is 27.5. The first-order valence-corrected chi connectivity index (χ1v) is 18.7. The summed E-state index contributed by atoms with van der Waals surface area (Å²) in [7, 11) is 0. The van der Waals surface area contributed by atoms with Crippen LogP contribution in [0.25, 0.3) is 54.2 Å². The van der Waals surface area contributed by atoms with E-state index in [1.165, 1.54) is 0 Å². The smallest absolute Gasteiger partial charge is 0.314 e. The Kier molecular flexibility index (Phi) is 10.9. The Labute approximate surface area is 296 Å². The first kappa shape index (κ1) is 35.1. The molecule has 4 heteroatoms. The summed E-state index contributed by atoms with van der Waals surface area (Å²) in [6.45, 7) is 12.7. The Morgan fingerprint density at radius 3 is 1.22 bits per heavy atom. The predicted molar refractivity (Wildman–Crippen MR) is 209 cm³/mol. The van der Waals surface area contributed by atoms with Gasteiger partial charge < -0.3 is 9.47 Å². The van der Waals surface area contributed by atoms with Gasteiger partial charge in [-0.2, -0.15) is 0 Å². The fourth-order valence-corrected chi connectivity index (χ4v) is 7.72. The minimum atomic E-state index is -0.163. The van der Waals surface area contributed by atoms with E-state index < -0.39 is 0 Å². The zero-order chi connectivity index (χ0) is 35.4. The first-order chi connectivity index (χ1) is 24.3. The standard InChI is InChI=1S/C46H50O4/c1-7-11-21-31(9-3)45(47)49-43-35-25-15-13-23-33(35)41(39-29(5)19-17-27-37(39)43)42-34-24-14-16-26-36(34)44(38-28-18-20-30(6)40(38)42)50-46(48)32(10-4)22-12-8-2/h13-20,23-28,31-32H,7-12,21-22H2,1-6H3. The minimum Gasteiger partial charge on any atom is -0.425 e. The summed E-state index contributed by atoms with van der Waals surface area (Å²) < 4.78 is 12.9. The molecule has 258 valence electrons. The van der Waals surface area contributed by atoms with Gasteiger partial charge in [-0.25, -0.2) is 0 Å². The number of carbonyl (C=O) groups excluding carboxylic acids is 2. The maximum absolute atomic E-state index is 13.8. The molecule has 0 saturated heterocycles. The number of esters is 2. The monoisotopic (exact) mass is 666 g/mol. The van der Waals surface area contributed by atoms with E-state index >= 15 is 0 Å². The number of aryl methyl sites for hydroxylation is 2. The summed E-state index contributed by atoms with van der Waals surface area (Å²) in [5.41, 5.74) is 4.38. The second-order valence-corrected chi connectivity index (χ2v) is 13.8. The molecule has 6 rings (SSSR count). The van der Waals surface area contributed by atoms with Crippen LogP contribution in [0.1, 0.15) is 90.2 Å². The van der Waals surface area contributed by atoms with Crippen LogP contribution in [-0.4, -0.2) is 11.9 Å². The summed E-state index contributed by atoms with van der Waals surface area (Å²) in [6, 6.07) is 29.2. The third kappa shape index (κ3) is 6.49. The van der Waals surface area contributed by atoms with Crippen LogP contribution in [-0.2, 0) is 9.59 Å². The molecule has 0 spiro atoms. The summed E-state index contributed by atoms with van der Waals surface area (Å²) in [5, 5.41) is 7.79. The van der Waals surface area contributed by atoms with Crippen molar-refractivity contribution in [1.29, 1.82) is 0 Å². The van der Waals surface area contributed by atoms with Crippen LogP contribution >= 0.6 is 0 Å². The van der Waals surface area contributed by atoms with E-state index in [9.17, 15) is 9.59 Å². The molecular weight excluding hydrogens is 617 g/mol. The second-order valence-electron chi connectivity index (χ2n) is 13.8. The number of hydrogen-bond donors (Lipinski definition) is 0. The van der Waals surface area contributed by atoms with Crippen molar-refractivity contribution in [2.75, 3.05) is 0 Å². The number of carbonyl (C=O) groups is 2. The SMILES string of the molecule is CCCCC(CC)C(=O)Oc1c2ccccc2c(-c2c3ccccc3c(OC(=O)C(CC)CCCC)c3cccc(C)c23)c2c(C)cccc12. The van der Waals surface area contributed by atoms with E-state index in [-0.39, 0.29) is 23.8 Å². The second kappa shape index (κ2) is 15.5. The maximum atomic E-state index is 13.8. The van der Waals surface area contributed by atoms with Gasteiger partial charge in [-0.3, -0.25) is 9.59 Å². The summed E-state index contributed by atoms with van der Waals surface area (Å²) in [5.74, 6) is 0.627. The van der Waals surface area contributed by atoms with Crippen LogP contribution < -0.4 is 9.47 Å². The van der Waals surface area contributed by atoms with Gasteiger partial charge in [0.2, 0.25) is 0 Å². The van der Waals surface area contributed by atoms with E-state index in [1.54, 1.807) is 0 Å². The van der Waals surface area contributed by atoms with Crippen molar-refractivity contribution in [1.82, 2.24) is 0 Å². The number of hydrogen-bond acceptors (Lipinski definition) is 4.